The Morgan fingerprint density at radius 2 is 1.83 bits per heavy atom. The zero-order valence-corrected chi connectivity index (χ0v) is 26.7. The highest BCUT2D eigenvalue weighted by Gasteiger charge is 2.43. The van der Waals surface area contributed by atoms with E-state index in [1.165, 1.54) is 23.8 Å². The standard InChI is InChI=1S/C36H38N4O6/c1-23(2)46-36(42)33-26(5)39-25(4)32(34(33)30-9-6-10-31(20-30)40(43)44)35(41)45-17-16-38-21-24(3)18-27-11-13-28(14-12-27)19-29-8-7-15-37-22-29/h6-15,18,20-23,33-34H,16-17,19H2,1-5H3. The molecule has 10 heteroatoms. The molecule has 10 nitrogen and oxygen atoms in total. The molecule has 0 saturated carbocycles. The van der Waals surface area contributed by atoms with E-state index in [0.717, 1.165) is 23.1 Å². The predicted molar refractivity (Wildman–Crippen MR) is 178 cm³/mol. The number of hydrogen-bond acceptors (Lipinski definition) is 9. The fraction of sp³-hybridized carbons (Fsp3) is 0.306. The van der Waals surface area contributed by atoms with Crippen LogP contribution in [0.3, 0.4) is 0 Å². The van der Waals surface area contributed by atoms with Crippen molar-refractivity contribution in [3.8, 4) is 0 Å². The molecule has 0 aliphatic carbocycles. The molecule has 0 amide bonds. The molecule has 2 aromatic carbocycles. The van der Waals surface area contributed by atoms with Gasteiger partial charge in [-0.15, -0.1) is 0 Å². The van der Waals surface area contributed by atoms with E-state index in [1.54, 1.807) is 46.2 Å². The minimum atomic E-state index is -0.953. The van der Waals surface area contributed by atoms with Gasteiger partial charge in [0.25, 0.3) is 5.69 Å². The summed E-state index contributed by atoms with van der Waals surface area (Å²) in [5, 5.41) is 11.5. The van der Waals surface area contributed by atoms with E-state index >= 15 is 0 Å². The van der Waals surface area contributed by atoms with Gasteiger partial charge in [-0.3, -0.25) is 29.9 Å². The first-order valence-electron chi connectivity index (χ1n) is 15.1. The lowest BCUT2D eigenvalue weighted by Crippen LogP contribution is -2.37. The fourth-order valence-electron chi connectivity index (χ4n) is 5.35. The number of nitrogens with zero attached hydrogens (tertiary/aromatic N) is 4. The van der Waals surface area contributed by atoms with E-state index in [2.05, 4.69) is 45.3 Å². The van der Waals surface area contributed by atoms with Crippen molar-refractivity contribution < 1.29 is 24.0 Å². The molecule has 238 valence electrons. The number of non-ortho nitro benzene ring substituents is 1. The van der Waals surface area contributed by atoms with Gasteiger partial charge < -0.3 is 9.47 Å². The summed E-state index contributed by atoms with van der Waals surface area (Å²) in [7, 11) is 0. The van der Waals surface area contributed by atoms with Crippen molar-refractivity contribution >= 4 is 35.6 Å². The first-order chi connectivity index (χ1) is 22.0. The Bertz CT molecular complexity index is 1690. The van der Waals surface area contributed by atoms with Crippen molar-refractivity contribution in [2.24, 2.45) is 15.9 Å². The normalized spacial score (nSPS) is 16.8. The molecule has 0 bridgehead atoms. The molecule has 2 atom stereocenters. The molecule has 0 saturated heterocycles. The summed E-state index contributed by atoms with van der Waals surface area (Å²) in [6.45, 7) is 8.95. The second kappa shape index (κ2) is 15.7. The molecule has 0 N–H and O–H groups in total. The predicted octanol–water partition coefficient (Wildman–Crippen LogP) is 6.70. The van der Waals surface area contributed by atoms with Crippen molar-refractivity contribution in [3.05, 3.63) is 122 Å². The number of nitro groups is 1. The second-order valence-corrected chi connectivity index (χ2v) is 11.4. The van der Waals surface area contributed by atoms with Crippen LogP contribution < -0.4 is 0 Å². The zero-order valence-electron chi connectivity index (χ0n) is 26.7. The molecule has 1 aliphatic heterocycles. The van der Waals surface area contributed by atoms with Crippen molar-refractivity contribution in [1.82, 2.24) is 4.98 Å². The average Bonchev–Trinajstić information content (AvgIpc) is 3.01. The lowest BCUT2D eigenvalue weighted by molar-refractivity contribution is -0.384. The van der Waals surface area contributed by atoms with E-state index in [0.29, 0.717) is 17.0 Å². The molecule has 2 heterocycles. The third kappa shape index (κ3) is 8.90. The molecule has 2 unspecified atom stereocenters. The Kier molecular flexibility index (Phi) is 11.4. The number of aromatic nitrogens is 1. The molecule has 1 aliphatic rings. The highest BCUT2D eigenvalue weighted by Crippen LogP contribution is 2.41. The Morgan fingerprint density at radius 3 is 2.50 bits per heavy atom. The van der Waals surface area contributed by atoms with Crippen molar-refractivity contribution in [2.45, 2.75) is 53.1 Å². The number of pyridine rings is 1. The Morgan fingerprint density at radius 1 is 1.07 bits per heavy atom. The van der Waals surface area contributed by atoms with Gasteiger partial charge in [-0.2, -0.15) is 0 Å². The van der Waals surface area contributed by atoms with Gasteiger partial charge in [0.2, 0.25) is 0 Å². The average molecular weight is 623 g/mol. The molecule has 0 spiro atoms. The first kappa shape index (κ1) is 33.6. The van der Waals surface area contributed by atoms with E-state index < -0.39 is 34.8 Å². The minimum absolute atomic E-state index is 0.00606. The molecule has 1 aromatic heterocycles. The van der Waals surface area contributed by atoms with Gasteiger partial charge in [0, 0.05) is 48.1 Å². The second-order valence-electron chi connectivity index (χ2n) is 11.4. The molecule has 0 fully saturated rings. The van der Waals surface area contributed by atoms with E-state index in [1.807, 2.05) is 25.3 Å². The SMILES string of the molecule is CC(C=NCCOC(=O)C1=C(C)N=C(C)C(C(=O)OC(C)C)C1c1cccc([N+](=O)[O-])c1)=Cc1ccc(Cc2cccnc2)cc1. The molecular weight excluding hydrogens is 584 g/mol. The Balaban J connectivity index is 1.43. The number of aliphatic imine (C=N–C) groups is 2. The summed E-state index contributed by atoms with van der Waals surface area (Å²) in [5.41, 5.74) is 5.56. The summed E-state index contributed by atoms with van der Waals surface area (Å²) in [6.07, 6.45) is 7.77. The summed E-state index contributed by atoms with van der Waals surface area (Å²) in [5.74, 6) is -3.06. The number of rotatable bonds is 12. The van der Waals surface area contributed by atoms with Crippen LogP contribution in [0.4, 0.5) is 5.69 Å². The van der Waals surface area contributed by atoms with Crippen LogP contribution in [-0.4, -0.2) is 53.0 Å². The van der Waals surface area contributed by atoms with Gasteiger partial charge in [0.1, 0.15) is 12.5 Å². The van der Waals surface area contributed by atoms with Crippen LogP contribution in [0.15, 0.2) is 99.9 Å². The maximum atomic E-state index is 13.5. The lowest BCUT2D eigenvalue weighted by Gasteiger charge is -2.32. The summed E-state index contributed by atoms with van der Waals surface area (Å²) in [6, 6.07) is 18.2. The van der Waals surface area contributed by atoms with Crippen LogP contribution in [0.2, 0.25) is 0 Å². The van der Waals surface area contributed by atoms with Crippen LogP contribution >= 0.6 is 0 Å². The summed E-state index contributed by atoms with van der Waals surface area (Å²) < 4.78 is 11.1. The zero-order chi connectivity index (χ0) is 33.2. The van der Waals surface area contributed by atoms with Gasteiger partial charge in [-0.05, 0) is 74.9 Å². The third-order valence-corrected chi connectivity index (χ3v) is 7.35. The maximum Gasteiger partial charge on any atom is 0.336 e. The number of carbonyl (C=O) groups excluding carboxylic acids is 2. The number of hydrogen-bond donors (Lipinski definition) is 0. The van der Waals surface area contributed by atoms with E-state index in [4.69, 9.17) is 9.47 Å². The smallest absolute Gasteiger partial charge is 0.336 e. The molecule has 0 radical (unpaired) electrons. The van der Waals surface area contributed by atoms with Gasteiger partial charge in [-0.1, -0.05) is 48.5 Å². The Hall–Kier alpha value is -5.25. The van der Waals surface area contributed by atoms with Crippen LogP contribution in [-0.2, 0) is 25.5 Å². The van der Waals surface area contributed by atoms with E-state index in [-0.39, 0.29) is 24.4 Å². The lowest BCUT2D eigenvalue weighted by atomic mass is 9.75. The van der Waals surface area contributed by atoms with Crippen molar-refractivity contribution in [2.75, 3.05) is 13.2 Å². The summed E-state index contributed by atoms with van der Waals surface area (Å²) in [4.78, 5) is 50.8. The van der Waals surface area contributed by atoms with Gasteiger partial charge in [-0.25, -0.2) is 4.79 Å². The van der Waals surface area contributed by atoms with Crippen LogP contribution in [0.1, 0.15) is 62.8 Å². The van der Waals surface area contributed by atoms with Gasteiger partial charge in [0.05, 0.1) is 23.1 Å². The number of allylic oxidation sites excluding steroid dienone is 2. The summed E-state index contributed by atoms with van der Waals surface area (Å²) >= 11 is 0. The van der Waals surface area contributed by atoms with Crippen LogP contribution in [0, 0.1) is 16.0 Å². The Labute approximate surface area is 268 Å². The van der Waals surface area contributed by atoms with E-state index in [9.17, 15) is 19.7 Å². The molecule has 4 rings (SSSR count). The number of benzene rings is 2. The molecule has 3 aromatic rings. The number of nitro benzene ring substituents is 1. The first-order valence-corrected chi connectivity index (χ1v) is 15.1. The fourth-order valence-corrected chi connectivity index (χ4v) is 5.35. The highest BCUT2D eigenvalue weighted by atomic mass is 16.6. The number of ether oxygens (including phenoxy) is 2. The third-order valence-electron chi connectivity index (χ3n) is 7.35. The number of esters is 2. The van der Waals surface area contributed by atoms with Crippen molar-refractivity contribution in [3.63, 3.8) is 0 Å². The van der Waals surface area contributed by atoms with Gasteiger partial charge in [0.15, 0.2) is 0 Å². The molecular formula is C36H38N4O6. The quantitative estimate of drug-likeness (QED) is 0.0722. The maximum absolute atomic E-state index is 13.5. The van der Waals surface area contributed by atoms with Crippen LogP contribution in [0.25, 0.3) is 6.08 Å². The topological polar surface area (TPSA) is 133 Å². The van der Waals surface area contributed by atoms with Crippen molar-refractivity contribution in [1.29, 1.82) is 0 Å². The molecule has 46 heavy (non-hydrogen) atoms. The number of carbonyl (C=O) groups is 2. The van der Waals surface area contributed by atoms with Gasteiger partial charge >= 0.3 is 11.9 Å². The monoisotopic (exact) mass is 622 g/mol. The largest absolute Gasteiger partial charge is 0.462 e. The highest BCUT2D eigenvalue weighted by molar-refractivity contribution is 6.07. The minimum Gasteiger partial charge on any atom is -0.462 e. The van der Waals surface area contributed by atoms with Crippen LogP contribution in [0.5, 0.6) is 0 Å².